The van der Waals surface area contributed by atoms with Crippen LogP contribution in [0.2, 0.25) is 0 Å². The molecule has 1 unspecified atom stereocenters. The van der Waals surface area contributed by atoms with Crippen LogP contribution in [0.25, 0.3) is 0 Å². The normalized spacial score (nSPS) is 14.1. The summed E-state index contributed by atoms with van der Waals surface area (Å²) in [6.45, 7) is 4.95. The number of para-hydroxylation sites is 1. The van der Waals surface area contributed by atoms with Gasteiger partial charge in [0.25, 0.3) is 5.91 Å². The molecule has 1 aliphatic carbocycles. The lowest BCUT2D eigenvalue weighted by molar-refractivity contribution is -0.128. The molecule has 3 rings (SSSR count). The number of amides is 1. The van der Waals surface area contributed by atoms with E-state index in [1.54, 1.807) is 0 Å². The third kappa shape index (κ3) is 5.03. The molecule has 0 aliphatic heterocycles. The van der Waals surface area contributed by atoms with Gasteiger partial charge >= 0.3 is 0 Å². The van der Waals surface area contributed by atoms with E-state index in [0.717, 1.165) is 29.9 Å². The molecule has 0 saturated heterocycles. The van der Waals surface area contributed by atoms with Crippen molar-refractivity contribution in [1.29, 1.82) is 0 Å². The first-order chi connectivity index (χ1) is 13.2. The molecular formula is C23H29NO3. The molecular weight excluding hydrogens is 338 g/mol. The minimum absolute atomic E-state index is 0.0958. The zero-order valence-electron chi connectivity index (χ0n) is 16.3. The van der Waals surface area contributed by atoms with Crippen LogP contribution in [0.15, 0.2) is 42.5 Å². The van der Waals surface area contributed by atoms with E-state index in [0.29, 0.717) is 19.6 Å². The maximum absolute atomic E-state index is 12.6. The summed E-state index contributed by atoms with van der Waals surface area (Å²) in [5.41, 5.74) is 3.75. The fourth-order valence-corrected chi connectivity index (χ4v) is 3.51. The summed E-state index contributed by atoms with van der Waals surface area (Å²) in [7, 11) is 0. The zero-order valence-corrected chi connectivity index (χ0v) is 16.3. The fourth-order valence-electron chi connectivity index (χ4n) is 3.51. The lowest BCUT2D eigenvalue weighted by Gasteiger charge is -2.20. The molecule has 0 saturated carbocycles. The smallest absolute Gasteiger partial charge is 0.261 e. The number of carbonyl (C=O) groups excluding carboxylic acids is 1. The summed E-state index contributed by atoms with van der Waals surface area (Å²) >= 11 is 0. The van der Waals surface area contributed by atoms with Crippen LogP contribution in [0, 0.1) is 0 Å². The van der Waals surface area contributed by atoms with E-state index in [4.69, 9.17) is 9.47 Å². The van der Waals surface area contributed by atoms with Crippen molar-refractivity contribution in [3.8, 4) is 11.5 Å². The van der Waals surface area contributed by atoms with Gasteiger partial charge in [0.2, 0.25) is 0 Å². The topological polar surface area (TPSA) is 47.6 Å². The van der Waals surface area contributed by atoms with Crippen LogP contribution in [0.3, 0.4) is 0 Å². The van der Waals surface area contributed by atoms with Crippen LogP contribution in [-0.4, -0.2) is 18.6 Å². The predicted octanol–water partition coefficient (Wildman–Crippen LogP) is 4.44. The maximum Gasteiger partial charge on any atom is 0.261 e. The predicted molar refractivity (Wildman–Crippen MR) is 107 cm³/mol. The highest BCUT2D eigenvalue weighted by Gasteiger charge is 2.19. The Balaban J connectivity index is 1.61. The lowest BCUT2D eigenvalue weighted by Crippen LogP contribution is -2.37. The van der Waals surface area contributed by atoms with Crippen LogP contribution in [0.1, 0.15) is 49.8 Å². The van der Waals surface area contributed by atoms with E-state index in [1.807, 2.05) is 44.2 Å². The van der Waals surface area contributed by atoms with Gasteiger partial charge < -0.3 is 14.8 Å². The molecule has 0 aromatic heterocycles. The Hall–Kier alpha value is -2.49. The van der Waals surface area contributed by atoms with E-state index in [-0.39, 0.29) is 5.91 Å². The van der Waals surface area contributed by atoms with Gasteiger partial charge in [-0.1, -0.05) is 31.2 Å². The van der Waals surface area contributed by atoms with E-state index >= 15 is 0 Å². The summed E-state index contributed by atoms with van der Waals surface area (Å²) in [6, 6.07) is 14.0. The Bertz CT molecular complexity index is 772. The van der Waals surface area contributed by atoms with Crippen LogP contribution in [0.5, 0.6) is 11.5 Å². The maximum atomic E-state index is 12.6. The first-order valence-electron chi connectivity index (χ1n) is 9.98. The van der Waals surface area contributed by atoms with Crippen molar-refractivity contribution in [1.82, 2.24) is 5.32 Å². The molecule has 1 aliphatic rings. The van der Waals surface area contributed by atoms with Crippen LogP contribution in [0.4, 0.5) is 0 Å². The minimum atomic E-state index is -0.495. The summed E-state index contributed by atoms with van der Waals surface area (Å²) in [6.07, 6.45) is 4.86. The number of fused-ring (bicyclic) bond motifs is 1. The molecule has 0 radical (unpaired) electrons. The van der Waals surface area contributed by atoms with E-state index < -0.39 is 6.10 Å². The third-order valence-corrected chi connectivity index (χ3v) is 4.99. The van der Waals surface area contributed by atoms with Crippen molar-refractivity contribution in [2.75, 3.05) is 6.61 Å². The molecule has 0 spiro atoms. The molecule has 2 aromatic carbocycles. The molecule has 1 N–H and O–H groups in total. The average molecular weight is 367 g/mol. The average Bonchev–Trinajstić information content (AvgIpc) is 2.71. The zero-order chi connectivity index (χ0) is 19.1. The fraction of sp³-hybridized carbons (Fsp3) is 0.435. The standard InChI is InChI=1S/C23H29NO3/c1-3-21(27-20-14-13-17-9-5-6-10-18(17)15-20)23(25)24-16-19-11-7-8-12-22(19)26-4-2/h7-8,11-15,21H,3-6,9-10,16H2,1-2H3,(H,24,25). The first-order valence-corrected chi connectivity index (χ1v) is 9.98. The molecule has 1 atom stereocenters. The molecule has 4 heteroatoms. The van der Waals surface area contributed by atoms with Crippen molar-refractivity contribution >= 4 is 5.91 Å². The molecule has 4 nitrogen and oxygen atoms in total. The van der Waals surface area contributed by atoms with Gasteiger partial charge in [-0.25, -0.2) is 0 Å². The van der Waals surface area contributed by atoms with Crippen molar-refractivity contribution in [2.24, 2.45) is 0 Å². The van der Waals surface area contributed by atoms with Crippen LogP contribution >= 0.6 is 0 Å². The van der Waals surface area contributed by atoms with Gasteiger partial charge in [-0.2, -0.15) is 0 Å². The first kappa shape index (κ1) is 19.3. The second-order valence-corrected chi connectivity index (χ2v) is 6.91. The number of rotatable bonds is 8. The summed E-state index contributed by atoms with van der Waals surface area (Å²) in [5.74, 6) is 1.50. The Morgan fingerprint density at radius 3 is 2.63 bits per heavy atom. The summed E-state index contributed by atoms with van der Waals surface area (Å²) < 4.78 is 11.6. The Kier molecular flexibility index (Phi) is 6.74. The number of benzene rings is 2. The van der Waals surface area contributed by atoms with Gasteiger partial charge in [-0.05, 0) is 68.4 Å². The van der Waals surface area contributed by atoms with Gasteiger partial charge in [-0.3, -0.25) is 4.79 Å². The van der Waals surface area contributed by atoms with Crippen molar-refractivity contribution in [3.63, 3.8) is 0 Å². The van der Waals surface area contributed by atoms with E-state index in [2.05, 4.69) is 17.4 Å². The molecule has 0 bridgehead atoms. The lowest BCUT2D eigenvalue weighted by atomic mass is 9.92. The molecule has 1 amide bonds. The quantitative estimate of drug-likeness (QED) is 0.750. The highest BCUT2D eigenvalue weighted by Crippen LogP contribution is 2.26. The van der Waals surface area contributed by atoms with Gasteiger partial charge in [0.15, 0.2) is 6.10 Å². The summed E-state index contributed by atoms with van der Waals surface area (Å²) in [5, 5.41) is 2.99. The summed E-state index contributed by atoms with van der Waals surface area (Å²) in [4.78, 5) is 12.6. The Morgan fingerprint density at radius 2 is 1.85 bits per heavy atom. The van der Waals surface area contributed by atoms with Gasteiger partial charge in [0.1, 0.15) is 11.5 Å². The Labute approximate surface area is 161 Å². The van der Waals surface area contributed by atoms with Crippen LogP contribution < -0.4 is 14.8 Å². The number of aryl methyl sites for hydroxylation is 2. The van der Waals surface area contributed by atoms with E-state index in [1.165, 1.54) is 24.0 Å². The second-order valence-electron chi connectivity index (χ2n) is 6.91. The second kappa shape index (κ2) is 9.45. The van der Waals surface area contributed by atoms with Crippen molar-refractivity contribution in [3.05, 3.63) is 59.2 Å². The molecule has 2 aromatic rings. The van der Waals surface area contributed by atoms with E-state index in [9.17, 15) is 4.79 Å². The third-order valence-electron chi connectivity index (χ3n) is 4.99. The molecule has 0 heterocycles. The van der Waals surface area contributed by atoms with Gasteiger partial charge in [0, 0.05) is 12.1 Å². The SMILES string of the molecule is CCOc1ccccc1CNC(=O)C(CC)Oc1ccc2c(c1)CCCC2. The number of hydrogen-bond acceptors (Lipinski definition) is 3. The highest BCUT2D eigenvalue weighted by molar-refractivity contribution is 5.81. The van der Waals surface area contributed by atoms with Gasteiger partial charge in [-0.15, -0.1) is 0 Å². The largest absolute Gasteiger partial charge is 0.494 e. The molecule has 0 fully saturated rings. The molecule has 27 heavy (non-hydrogen) atoms. The van der Waals surface area contributed by atoms with Crippen LogP contribution in [-0.2, 0) is 24.2 Å². The monoisotopic (exact) mass is 367 g/mol. The number of ether oxygens (including phenoxy) is 2. The number of nitrogens with one attached hydrogen (secondary N) is 1. The van der Waals surface area contributed by atoms with Gasteiger partial charge in [0.05, 0.1) is 6.61 Å². The number of hydrogen-bond donors (Lipinski definition) is 1. The highest BCUT2D eigenvalue weighted by atomic mass is 16.5. The molecule has 144 valence electrons. The minimum Gasteiger partial charge on any atom is -0.494 e. The van der Waals surface area contributed by atoms with Crippen molar-refractivity contribution < 1.29 is 14.3 Å². The Morgan fingerprint density at radius 1 is 1.07 bits per heavy atom. The number of carbonyl (C=O) groups is 1. The van der Waals surface area contributed by atoms with Crippen molar-refractivity contribution in [2.45, 2.75) is 58.6 Å².